The maximum Gasteiger partial charge on any atom is 0.431 e. The van der Waals surface area contributed by atoms with Crippen LogP contribution >= 0.6 is 0 Å². The molecule has 1 atom stereocenters. The van der Waals surface area contributed by atoms with Gasteiger partial charge >= 0.3 is 12.1 Å². The highest BCUT2D eigenvalue weighted by Gasteiger charge is 2.39. The summed E-state index contributed by atoms with van der Waals surface area (Å²) >= 11 is 0. The number of imide groups is 1. The summed E-state index contributed by atoms with van der Waals surface area (Å²) in [5.41, 5.74) is 4.71. The molecule has 1 aliphatic heterocycles. The first-order valence-electron chi connectivity index (χ1n) is 6.08. The number of carbonyl (C=O) groups is 4. The molecule has 21 heavy (non-hydrogen) atoms. The number of aliphatic carboxylic acids is 1. The molecule has 9 heteroatoms. The Bertz CT molecular complexity index is 490. The van der Waals surface area contributed by atoms with Gasteiger partial charge in [-0.3, -0.25) is 14.4 Å². The number of amides is 3. The van der Waals surface area contributed by atoms with Gasteiger partial charge in [0.15, 0.2) is 0 Å². The lowest BCUT2D eigenvalue weighted by atomic mass is 10.2. The average Bonchev–Trinajstić information content (AvgIpc) is 2.57. The van der Waals surface area contributed by atoms with E-state index in [0.717, 1.165) is 12.2 Å². The molecule has 3 amide bonds. The van der Waals surface area contributed by atoms with E-state index in [1.54, 1.807) is 20.8 Å². The summed E-state index contributed by atoms with van der Waals surface area (Å²) in [6, 6.07) is 0. The molecule has 0 saturated heterocycles. The lowest BCUT2D eigenvalue weighted by molar-refractivity contribution is -0.160. The van der Waals surface area contributed by atoms with Crippen molar-refractivity contribution in [2.45, 2.75) is 39.0 Å². The van der Waals surface area contributed by atoms with Crippen LogP contribution in [0.2, 0.25) is 0 Å². The van der Waals surface area contributed by atoms with Crippen molar-refractivity contribution in [1.82, 2.24) is 10.0 Å². The fourth-order valence-corrected chi connectivity index (χ4v) is 1.54. The second-order valence-corrected chi connectivity index (χ2v) is 5.31. The summed E-state index contributed by atoms with van der Waals surface area (Å²) in [4.78, 5) is 46.2. The number of carbonyl (C=O) groups excluding carboxylic acids is 3. The minimum atomic E-state index is -1.43. The van der Waals surface area contributed by atoms with Crippen LogP contribution in [0.1, 0.15) is 27.2 Å². The molecule has 0 bridgehead atoms. The molecule has 0 aliphatic carbocycles. The highest BCUT2D eigenvalue weighted by atomic mass is 16.6. The largest absolute Gasteiger partial charge is 0.481 e. The lowest BCUT2D eigenvalue weighted by Crippen LogP contribution is -2.59. The average molecular weight is 299 g/mol. The van der Waals surface area contributed by atoms with Crippen molar-refractivity contribution in [2.24, 2.45) is 5.73 Å². The highest BCUT2D eigenvalue weighted by Crippen LogP contribution is 2.17. The number of carboxylic acids is 1. The van der Waals surface area contributed by atoms with E-state index in [-0.39, 0.29) is 0 Å². The van der Waals surface area contributed by atoms with Gasteiger partial charge in [0.2, 0.25) is 0 Å². The summed E-state index contributed by atoms with van der Waals surface area (Å²) in [7, 11) is 0. The molecule has 0 spiro atoms. The number of hydrogen-bond acceptors (Lipinski definition) is 6. The first kappa shape index (κ1) is 16.6. The fraction of sp³-hybridized carbons (Fsp3) is 0.500. The summed E-state index contributed by atoms with van der Waals surface area (Å²) in [5.74, 6) is -2.89. The molecule has 0 aromatic rings. The monoisotopic (exact) mass is 299 g/mol. The summed E-state index contributed by atoms with van der Waals surface area (Å²) in [6.07, 6.45) is -1.26. The molecule has 9 nitrogen and oxygen atoms in total. The van der Waals surface area contributed by atoms with Gasteiger partial charge in [-0.25, -0.2) is 4.79 Å². The summed E-state index contributed by atoms with van der Waals surface area (Å²) in [6.45, 7) is 4.74. The van der Waals surface area contributed by atoms with E-state index < -0.39 is 42.1 Å². The fourth-order valence-electron chi connectivity index (χ4n) is 1.54. The van der Waals surface area contributed by atoms with Crippen LogP contribution in [0.25, 0.3) is 0 Å². The lowest BCUT2D eigenvalue weighted by Gasteiger charge is -2.35. The maximum atomic E-state index is 12.1. The highest BCUT2D eigenvalue weighted by molar-refractivity contribution is 6.13. The van der Waals surface area contributed by atoms with Crippen LogP contribution in [-0.4, -0.2) is 50.8 Å². The molecule has 0 aromatic heterocycles. The van der Waals surface area contributed by atoms with E-state index in [2.05, 4.69) is 0 Å². The van der Waals surface area contributed by atoms with Crippen LogP contribution in [0.4, 0.5) is 4.79 Å². The van der Waals surface area contributed by atoms with Gasteiger partial charge in [-0.2, -0.15) is 10.0 Å². The predicted octanol–water partition coefficient (Wildman–Crippen LogP) is -0.177. The smallest absolute Gasteiger partial charge is 0.431 e. The van der Waals surface area contributed by atoms with Crippen molar-refractivity contribution < 1.29 is 29.0 Å². The van der Waals surface area contributed by atoms with Crippen molar-refractivity contribution in [1.29, 1.82) is 0 Å². The van der Waals surface area contributed by atoms with Gasteiger partial charge < -0.3 is 15.6 Å². The standard InChI is InChI=1S/C12H17N3O6/c1-12(2,3)21-11(20)14(7(13)6-10(18)19)15-8(16)4-5-9(15)17/h4-5,7H,6,13H2,1-3H3,(H,18,19)/t7-/m0/s1. The number of nitrogens with zero attached hydrogens (tertiary/aromatic N) is 2. The second kappa shape index (κ2) is 5.92. The Morgan fingerprint density at radius 1 is 1.33 bits per heavy atom. The Labute approximate surface area is 120 Å². The quantitative estimate of drug-likeness (QED) is 0.544. The minimum Gasteiger partial charge on any atom is -0.481 e. The zero-order valence-electron chi connectivity index (χ0n) is 11.9. The first-order valence-corrected chi connectivity index (χ1v) is 6.08. The van der Waals surface area contributed by atoms with Crippen molar-refractivity contribution in [3.63, 3.8) is 0 Å². The SMILES string of the molecule is CC(C)(C)OC(=O)N([C@H](N)CC(=O)O)N1C(=O)C=CC1=O. The molecule has 1 heterocycles. The number of hydrazine groups is 1. The van der Waals surface area contributed by atoms with Gasteiger partial charge in [0.25, 0.3) is 11.8 Å². The molecule has 116 valence electrons. The van der Waals surface area contributed by atoms with E-state index in [0.29, 0.717) is 10.0 Å². The van der Waals surface area contributed by atoms with Crippen LogP contribution < -0.4 is 5.73 Å². The van der Waals surface area contributed by atoms with Crippen LogP contribution in [0.3, 0.4) is 0 Å². The molecule has 0 radical (unpaired) electrons. The molecule has 1 aliphatic rings. The maximum absolute atomic E-state index is 12.1. The predicted molar refractivity (Wildman–Crippen MR) is 69.3 cm³/mol. The molecule has 3 N–H and O–H groups in total. The number of rotatable bonds is 4. The molecule has 1 rings (SSSR count). The van der Waals surface area contributed by atoms with E-state index in [1.165, 1.54) is 0 Å². The van der Waals surface area contributed by atoms with Crippen LogP contribution in [-0.2, 0) is 19.1 Å². The molecule has 0 saturated carbocycles. The Kier molecular flexibility index (Phi) is 4.69. The van der Waals surface area contributed by atoms with E-state index in [1.807, 2.05) is 0 Å². The van der Waals surface area contributed by atoms with Crippen LogP contribution in [0.5, 0.6) is 0 Å². The Hall–Kier alpha value is -2.42. The first-order chi connectivity index (χ1) is 9.53. The Morgan fingerprint density at radius 3 is 2.19 bits per heavy atom. The van der Waals surface area contributed by atoms with Gasteiger partial charge in [-0.05, 0) is 20.8 Å². The van der Waals surface area contributed by atoms with E-state index in [9.17, 15) is 19.2 Å². The third kappa shape index (κ3) is 4.28. The number of hydrogen-bond donors (Lipinski definition) is 2. The van der Waals surface area contributed by atoms with Crippen molar-refractivity contribution in [3.8, 4) is 0 Å². The van der Waals surface area contributed by atoms with E-state index in [4.69, 9.17) is 15.6 Å². The molecular weight excluding hydrogens is 282 g/mol. The summed E-state index contributed by atoms with van der Waals surface area (Å²) in [5, 5.41) is 9.74. The normalized spacial score (nSPS) is 16.1. The van der Waals surface area contributed by atoms with Crippen LogP contribution in [0.15, 0.2) is 12.2 Å². The number of carboxylic acid groups (broad SMARTS) is 1. The zero-order chi connectivity index (χ0) is 16.4. The van der Waals surface area contributed by atoms with Gasteiger partial charge in [0.1, 0.15) is 11.8 Å². The molecule has 0 unspecified atom stereocenters. The second-order valence-electron chi connectivity index (χ2n) is 5.31. The van der Waals surface area contributed by atoms with Gasteiger partial charge in [0.05, 0.1) is 6.42 Å². The van der Waals surface area contributed by atoms with E-state index >= 15 is 0 Å². The third-order valence-corrected chi connectivity index (χ3v) is 2.28. The summed E-state index contributed by atoms with van der Waals surface area (Å²) < 4.78 is 5.05. The zero-order valence-corrected chi connectivity index (χ0v) is 11.9. The topological polar surface area (TPSA) is 130 Å². The van der Waals surface area contributed by atoms with Crippen molar-refractivity contribution in [2.75, 3.05) is 0 Å². The number of ether oxygens (including phenoxy) is 1. The minimum absolute atomic E-state index is 0.460. The van der Waals surface area contributed by atoms with Crippen molar-refractivity contribution in [3.05, 3.63) is 12.2 Å². The van der Waals surface area contributed by atoms with Gasteiger partial charge in [0, 0.05) is 12.2 Å². The molecular formula is C12H17N3O6. The molecule has 0 fully saturated rings. The van der Waals surface area contributed by atoms with Crippen molar-refractivity contribution >= 4 is 23.9 Å². The Balaban J connectivity index is 3.05. The number of nitrogens with two attached hydrogens (primary N) is 1. The van der Waals surface area contributed by atoms with Crippen LogP contribution in [0, 0.1) is 0 Å². The Morgan fingerprint density at radius 2 is 1.81 bits per heavy atom. The molecule has 0 aromatic carbocycles. The van der Waals surface area contributed by atoms with Gasteiger partial charge in [-0.15, -0.1) is 0 Å². The third-order valence-electron chi connectivity index (χ3n) is 2.28. The van der Waals surface area contributed by atoms with Gasteiger partial charge in [-0.1, -0.05) is 0 Å².